The molecule has 4 nitrogen and oxygen atoms in total. The average molecular weight is 280 g/mol. The van der Waals surface area contributed by atoms with Gasteiger partial charge in [-0.15, -0.1) is 11.8 Å². The van der Waals surface area contributed by atoms with Gasteiger partial charge in [0, 0.05) is 10.6 Å². The molecule has 1 atom stereocenters. The van der Waals surface area contributed by atoms with Crippen LogP contribution in [0.5, 0.6) is 0 Å². The fourth-order valence-electron chi connectivity index (χ4n) is 1.96. The Hall–Kier alpha value is -1.46. The van der Waals surface area contributed by atoms with Gasteiger partial charge in [0.2, 0.25) is 5.91 Å². The molecule has 0 radical (unpaired) electrons. The van der Waals surface area contributed by atoms with Crippen LogP contribution in [0, 0.1) is 0 Å². The van der Waals surface area contributed by atoms with Crippen LogP contribution in [-0.4, -0.2) is 21.9 Å². The molecule has 3 rings (SSSR count). The highest BCUT2D eigenvalue weighted by Gasteiger charge is 2.26. The van der Waals surface area contributed by atoms with Crippen molar-refractivity contribution in [3.63, 3.8) is 0 Å². The number of amides is 1. The predicted molar refractivity (Wildman–Crippen MR) is 73.0 cm³/mol. The lowest BCUT2D eigenvalue weighted by atomic mass is 10.1. The largest absolute Gasteiger partial charge is 0.310 e. The number of thioether (sulfide) groups is 1. The molecule has 0 saturated carbocycles. The first-order chi connectivity index (χ1) is 8.75. The average Bonchev–Trinajstić information content (AvgIpc) is 2.74. The highest BCUT2D eigenvalue weighted by atomic mass is 35.5. The van der Waals surface area contributed by atoms with Crippen molar-refractivity contribution in [2.24, 2.45) is 0 Å². The van der Waals surface area contributed by atoms with Gasteiger partial charge in [-0.1, -0.05) is 29.8 Å². The maximum absolute atomic E-state index is 11.6. The first-order valence-electron chi connectivity index (χ1n) is 5.45. The summed E-state index contributed by atoms with van der Waals surface area (Å²) >= 11 is 7.78. The third kappa shape index (κ3) is 2.00. The Labute approximate surface area is 113 Å². The Bertz CT molecular complexity index is 599. The first-order valence-corrected chi connectivity index (χ1v) is 6.87. The van der Waals surface area contributed by atoms with E-state index in [1.54, 1.807) is 18.0 Å². The highest BCUT2D eigenvalue weighted by molar-refractivity contribution is 8.00. The third-order valence-corrected chi connectivity index (χ3v) is 4.40. The van der Waals surface area contributed by atoms with Crippen LogP contribution in [0.2, 0.25) is 5.02 Å². The van der Waals surface area contributed by atoms with Gasteiger partial charge < -0.3 is 5.32 Å². The second kappa shape index (κ2) is 4.66. The van der Waals surface area contributed by atoms with Gasteiger partial charge in [0.1, 0.15) is 5.82 Å². The topological polar surface area (TPSA) is 57.8 Å². The zero-order valence-electron chi connectivity index (χ0n) is 9.31. The molecule has 1 aromatic heterocycles. The molecule has 0 unspecified atom stereocenters. The second-order valence-electron chi connectivity index (χ2n) is 3.96. The summed E-state index contributed by atoms with van der Waals surface area (Å²) in [5.41, 5.74) is 1.96. The number of rotatable bonds is 1. The SMILES string of the molecule is O=C1CS[C@H](c2ccccc2Cl)c2cn[nH]c2N1. The molecule has 2 aromatic rings. The number of halogens is 1. The number of carbonyl (C=O) groups excluding carboxylic acids is 1. The summed E-state index contributed by atoms with van der Waals surface area (Å²) in [6.07, 6.45) is 1.74. The molecule has 0 fully saturated rings. The molecule has 2 N–H and O–H groups in total. The fourth-order valence-corrected chi connectivity index (χ4v) is 3.41. The molecule has 18 heavy (non-hydrogen) atoms. The summed E-state index contributed by atoms with van der Waals surface area (Å²) in [6.45, 7) is 0. The monoisotopic (exact) mass is 279 g/mol. The number of anilines is 1. The molecule has 92 valence electrons. The zero-order valence-corrected chi connectivity index (χ0v) is 10.9. The van der Waals surface area contributed by atoms with Crippen LogP contribution in [0.4, 0.5) is 5.82 Å². The number of nitrogens with zero attached hydrogens (tertiary/aromatic N) is 1. The van der Waals surface area contributed by atoms with Gasteiger partial charge in [-0.05, 0) is 11.6 Å². The number of hydrogen-bond donors (Lipinski definition) is 2. The van der Waals surface area contributed by atoms with E-state index in [-0.39, 0.29) is 11.2 Å². The molecular weight excluding hydrogens is 270 g/mol. The smallest absolute Gasteiger partial charge is 0.235 e. The van der Waals surface area contributed by atoms with E-state index in [1.807, 2.05) is 24.3 Å². The van der Waals surface area contributed by atoms with Crippen LogP contribution in [0.15, 0.2) is 30.5 Å². The minimum absolute atomic E-state index is 0.0198. The van der Waals surface area contributed by atoms with E-state index >= 15 is 0 Å². The molecule has 0 bridgehead atoms. The highest BCUT2D eigenvalue weighted by Crippen LogP contribution is 2.42. The number of nitrogens with one attached hydrogen (secondary N) is 2. The Kier molecular flexibility index (Phi) is 3.01. The third-order valence-electron chi connectivity index (χ3n) is 2.78. The van der Waals surface area contributed by atoms with Crippen molar-refractivity contribution >= 4 is 35.1 Å². The number of carbonyl (C=O) groups is 1. The summed E-state index contributed by atoms with van der Waals surface area (Å²) in [5, 5.41) is 10.3. The molecule has 2 heterocycles. The van der Waals surface area contributed by atoms with Crippen molar-refractivity contribution in [3.05, 3.63) is 46.6 Å². The summed E-state index contributed by atoms with van der Waals surface area (Å²) in [6, 6.07) is 7.68. The summed E-state index contributed by atoms with van der Waals surface area (Å²) < 4.78 is 0. The standard InChI is InChI=1S/C12H10ClN3OS/c13-9-4-2-1-3-7(9)11-8-5-14-16-12(8)15-10(17)6-18-11/h1-5,11H,6H2,(H2,14,15,16,17)/t11-/m1/s1. The summed E-state index contributed by atoms with van der Waals surface area (Å²) in [4.78, 5) is 11.6. The van der Waals surface area contributed by atoms with Gasteiger partial charge >= 0.3 is 0 Å². The van der Waals surface area contributed by atoms with Crippen molar-refractivity contribution < 1.29 is 4.79 Å². The van der Waals surface area contributed by atoms with E-state index in [0.717, 1.165) is 11.1 Å². The number of aromatic nitrogens is 2. The van der Waals surface area contributed by atoms with Crippen LogP contribution in [0.25, 0.3) is 0 Å². The predicted octanol–water partition coefficient (Wildman–Crippen LogP) is 2.84. The van der Waals surface area contributed by atoms with E-state index < -0.39 is 0 Å². The molecule has 1 aromatic carbocycles. The van der Waals surface area contributed by atoms with E-state index in [0.29, 0.717) is 16.6 Å². The second-order valence-corrected chi connectivity index (χ2v) is 5.46. The molecule has 1 amide bonds. The quantitative estimate of drug-likeness (QED) is 0.844. The normalized spacial score (nSPS) is 18.9. The van der Waals surface area contributed by atoms with E-state index in [4.69, 9.17) is 11.6 Å². The maximum atomic E-state index is 11.6. The van der Waals surface area contributed by atoms with E-state index in [2.05, 4.69) is 15.5 Å². The lowest BCUT2D eigenvalue weighted by Crippen LogP contribution is -2.12. The number of hydrogen-bond acceptors (Lipinski definition) is 3. The number of benzene rings is 1. The molecular formula is C12H10ClN3OS. The minimum Gasteiger partial charge on any atom is -0.310 e. The molecule has 6 heteroatoms. The molecule has 0 saturated heterocycles. The van der Waals surface area contributed by atoms with Crippen molar-refractivity contribution in [2.75, 3.05) is 11.1 Å². The van der Waals surface area contributed by atoms with Gasteiger partial charge in [0.25, 0.3) is 0 Å². The fraction of sp³-hybridized carbons (Fsp3) is 0.167. The molecule has 0 aliphatic carbocycles. The zero-order chi connectivity index (χ0) is 12.5. The van der Waals surface area contributed by atoms with Crippen LogP contribution < -0.4 is 5.32 Å². The van der Waals surface area contributed by atoms with Crippen LogP contribution in [-0.2, 0) is 4.79 Å². The van der Waals surface area contributed by atoms with Gasteiger partial charge in [-0.2, -0.15) is 5.10 Å². The molecule has 1 aliphatic rings. The summed E-state index contributed by atoms with van der Waals surface area (Å²) in [5.74, 6) is 1.04. The van der Waals surface area contributed by atoms with Gasteiger partial charge in [-0.25, -0.2) is 0 Å². The van der Waals surface area contributed by atoms with E-state index in [1.165, 1.54) is 0 Å². The Balaban J connectivity index is 2.08. The first kappa shape index (κ1) is 11.6. The van der Waals surface area contributed by atoms with E-state index in [9.17, 15) is 4.79 Å². The Morgan fingerprint density at radius 1 is 1.33 bits per heavy atom. The van der Waals surface area contributed by atoms with Crippen LogP contribution >= 0.6 is 23.4 Å². The lowest BCUT2D eigenvalue weighted by molar-refractivity contribution is -0.113. The van der Waals surface area contributed by atoms with Gasteiger partial charge in [0.05, 0.1) is 17.2 Å². The van der Waals surface area contributed by atoms with Crippen molar-refractivity contribution in [1.82, 2.24) is 10.2 Å². The Morgan fingerprint density at radius 3 is 3.00 bits per heavy atom. The van der Waals surface area contributed by atoms with Crippen molar-refractivity contribution in [3.8, 4) is 0 Å². The lowest BCUT2D eigenvalue weighted by Gasteiger charge is -2.14. The maximum Gasteiger partial charge on any atom is 0.235 e. The van der Waals surface area contributed by atoms with Gasteiger partial charge in [-0.3, -0.25) is 9.89 Å². The minimum atomic E-state index is -0.0277. The van der Waals surface area contributed by atoms with Crippen LogP contribution in [0.3, 0.4) is 0 Å². The molecule has 1 aliphatic heterocycles. The molecule has 0 spiro atoms. The van der Waals surface area contributed by atoms with Crippen LogP contribution in [0.1, 0.15) is 16.4 Å². The number of H-pyrrole nitrogens is 1. The van der Waals surface area contributed by atoms with Gasteiger partial charge in [0.15, 0.2) is 0 Å². The van der Waals surface area contributed by atoms with Crippen molar-refractivity contribution in [2.45, 2.75) is 5.25 Å². The summed E-state index contributed by atoms with van der Waals surface area (Å²) in [7, 11) is 0. The Morgan fingerprint density at radius 2 is 2.17 bits per heavy atom. The number of aromatic amines is 1. The van der Waals surface area contributed by atoms with Crippen molar-refractivity contribution in [1.29, 1.82) is 0 Å². The number of fused-ring (bicyclic) bond motifs is 1.